The zero-order chi connectivity index (χ0) is 11.4. The van der Waals surface area contributed by atoms with Crippen LogP contribution in [0.4, 0.5) is 0 Å². The summed E-state index contributed by atoms with van der Waals surface area (Å²) in [4.78, 5) is 11.6. The lowest BCUT2D eigenvalue weighted by molar-refractivity contribution is -0.121. The van der Waals surface area contributed by atoms with Crippen molar-refractivity contribution in [3.63, 3.8) is 0 Å². The molecule has 2 fully saturated rings. The molecule has 1 amide bonds. The second-order valence-corrected chi connectivity index (χ2v) is 5.56. The summed E-state index contributed by atoms with van der Waals surface area (Å²) in [6, 6.07) is 0. The molecule has 2 N–H and O–H groups in total. The lowest BCUT2D eigenvalue weighted by Crippen LogP contribution is -2.44. The molecular weight excluding hydrogens is 200 g/mol. The standard InChI is InChI=1S/C13H24N2O/c1-2-13(6-3-7-13)10-15-12(16)9-14-8-11-4-5-11/h11,14H,2-10H2,1H3,(H,15,16). The minimum absolute atomic E-state index is 0.167. The van der Waals surface area contributed by atoms with Crippen LogP contribution in [-0.2, 0) is 4.79 Å². The summed E-state index contributed by atoms with van der Waals surface area (Å²) < 4.78 is 0. The van der Waals surface area contributed by atoms with E-state index in [-0.39, 0.29) is 5.91 Å². The minimum Gasteiger partial charge on any atom is -0.354 e. The Hall–Kier alpha value is -0.570. The molecule has 0 aromatic carbocycles. The Morgan fingerprint density at radius 1 is 1.38 bits per heavy atom. The lowest BCUT2D eigenvalue weighted by atomic mass is 9.67. The Balaban J connectivity index is 1.55. The molecule has 2 rings (SSSR count). The molecule has 92 valence electrons. The molecule has 0 aromatic rings. The third kappa shape index (κ3) is 3.21. The van der Waals surface area contributed by atoms with Crippen LogP contribution in [0.1, 0.15) is 45.4 Å². The number of hydrogen-bond acceptors (Lipinski definition) is 2. The maximum atomic E-state index is 11.6. The fourth-order valence-electron chi connectivity index (χ4n) is 2.39. The molecule has 3 heteroatoms. The van der Waals surface area contributed by atoms with Gasteiger partial charge in [-0.3, -0.25) is 4.79 Å². The zero-order valence-corrected chi connectivity index (χ0v) is 10.3. The van der Waals surface area contributed by atoms with E-state index >= 15 is 0 Å². The van der Waals surface area contributed by atoms with Gasteiger partial charge in [0.2, 0.25) is 5.91 Å². The van der Waals surface area contributed by atoms with Crippen LogP contribution in [0.25, 0.3) is 0 Å². The maximum Gasteiger partial charge on any atom is 0.233 e. The molecule has 0 atom stereocenters. The Bertz CT molecular complexity index is 239. The molecule has 3 nitrogen and oxygen atoms in total. The summed E-state index contributed by atoms with van der Waals surface area (Å²) in [5.74, 6) is 1.02. The largest absolute Gasteiger partial charge is 0.354 e. The Morgan fingerprint density at radius 2 is 2.12 bits per heavy atom. The van der Waals surface area contributed by atoms with Gasteiger partial charge in [0, 0.05) is 6.54 Å². The van der Waals surface area contributed by atoms with Crippen LogP contribution in [-0.4, -0.2) is 25.5 Å². The molecule has 0 radical (unpaired) electrons. The lowest BCUT2D eigenvalue weighted by Gasteiger charge is -2.41. The third-order valence-electron chi connectivity index (χ3n) is 4.24. The highest BCUT2D eigenvalue weighted by Gasteiger charge is 2.35. The Labute approximate surface area is 98.4 Å². The maximum absolute atomic E-state index is 11.6. The topological polar surface area (TPSA) is 41.1 Å². The molecule has 0 saturated heterocycles. The zero-order valence-electron chi connectivity index (χ0n) is 10.3. The van der Waals surface area contributed by atoms with E-state index in [0.29, 0.717) is 12.0 Å². The van der Waals surface area contributed by atoms with Crippen LogP contribution in [0.5, 0.6) is 0 Å². The van der Waals surface area contributed by atoms with Crippen molar-refractivity contribution in [2.75, 3.05) is 19.6 Å². The summed E-state index contributed by atoms with van der Waals surface area (Å²) >= 11 is 0. The quantitative estimate of drug-likeness (QED) is 0.691. The van der Waals surface area contributed by atoms with Gasteiger partial charge in [-0.25, -0.2) is 0 Å². The van der Waals surface area contributed by atoms with E-state index in [2.05, 4.69) is 17.6 Å². The fourth-order valence-corrected chi connectivity index (χ4v) is 2.39. The number of hydrogen-bond donors (Lipinski definition) is 2. The van der Waals surface area contributed by atoms with Crippen molar-refractivity contribution in [2.24, 2.45) is 11.3 Å². The summed E-state index contributed by atoms with van der Waals surface area (Å²) in [6.07, 6.45) is 7.80. The predicted molar refractivity (Wildman–Crippen MR) is 65.2 cm³/mol. The monoisotopic (exact) mass is 224 g/mol. The van der Waals surface area contributed by atoms with Crippen LogP contribution >= 0.6 is 0 Å². The van der Waals surface area contributed by atoms with Crippen molar-refractivity contribution < 1.29 is 4.79 Å². The van der Waals surface area contributed by atoms with Crippen molar-refractivity contribution in [2.45, 2.75) is 45.4 Å². The number of rotatable bonds is 7. The average Bonchev–Trinajstić information content (AvgIpc) is 3.01. The van der Waals surface area contributed by atoms with Crippen molar-refractivity contribution in [1.82, 2.24) is 10.6 Å². The predicted octanol–water partition coefficient (Wildman–Crippen LogP) is 1.68. The average molecular weight is 224 g/mol. The van der Waals surface area contributed by atoms with E-state index in [1.54, 1.807) is 0 Å². The molecule has 2 aliphatic carbocycles. The highest BCUT2D eigenvalue weighted by Crippen LogP contribution is 2.42. The van der Waals surface area contributed by atoms with Gasteiger partial charge in [0.15, 0.2) is 0 Å². The van der Waals surface area contributed by atoms with Crippen LogP contribution in [0.15, 0.2) is 0 Å². The molecule has 2 aliphatic rings. The summed E-state index contributed by atoms with van der Waals surface area (Å²) in [5, 5.41) is 6.29. The van der Waals surface area contributed by atoms with Gasteiger partial charge in [-0.15, -0.1) is 0 Å². The smallest absolute Gasteiger partial charge is 0.233 e. The highest BCUT2D eigenvalue weighted by atomic mass is 16.1. The third-order valence-corrected chi connectivity index (χ3v) is 4.24. The normalized spacial score (nSPS) is 22.6. The first-order valence-corrected chi connectivity index (χ1v) is 6.71. The molecule has 0 aromatic heterocycles. The molecule has 0 spiro atoms. The van der Waals surface area contributed by atoms with Crippen LogP contribution in [0, 0.1) is 11.3 Å². The number of nitrogens with one attached hydrogen (secondary N) is 2. The van der Waals surface area contributed by atoms with Crippen LogP contribution in [0.2, 0.25) is 0 Å². The highest BCUT2D eigenvalue weighted by molar-refractivity contribution is 5.78. The van der Waals surface area contributed by atoms with Gasteiger partial charge < -0.3 is 10.6 Å². The van der Waals surface area contributed by atoms with Crippen LogP contribution < -0.4 is 10.6 Å². The molecular formula is C13H24N2O. The van der Waals surface area contributed by atoms with Gasteiger partial charge in [-0.05, 0) is 50.0 Å². The molecule has 0 aliphatic heterocycles. The van der Waals surface area contributed by atoms with Crippen molar-refractivity contribution in [3.05, 3.63) is 0 Å². The van der Waals surface area contributed by atoms with Gasteiger partial charge in [0.1, 0.15) is 0 Å². The summed E-state index contributed by atoms with van der Waals surface area (Å²) in [7, 11) is 0. The number of carbonyl (C=O) groups is 1. The summed E-state index contributed by atoms with van der Waals surface area (Å²) in [5.41, 5.74) is 0.437. The van der Waals surface area contributed by atoms with E-state index in [1.807, 2.05) is 0 Å². The van der Waals surface area contributed by atoms with Crippen LogP contribution in [0.3, 0.4) is 0 Å². The second kappa shape index (κ2) is 5.17. The van der Waals surface area contributed by atoms with E-state index in [0.717, 1.165) is 19.0 Å². The molecule has 0 bridgehead atoms. The Morgan fingerprint density at radius 3 is 2.62 bits per heavy atom. The van der Waals surface area contributed by atoms with Gasteiger partial charge >= 0.3 is 0 Å². The van der Waals surface area contributed by atoms with Gasteiger partial charge in [-0.1, -0.05) is 13.3 Å². The molecule has 2 saturated carbocycles. The van der Waals surface area contributed by atoms with Gasteiger partial charge in [0.05, 0.1) is 6.54 Å². The fraction of sp³-hybridized carbons (Fsp3) is 0.923. The molecule has 16 heavy (non-hydrogen) atoms. The van der Waals surface area contributed by atoms with Gasteiger partial charge in [0.25, 0.3) is 0 Å². The first-order chi connectivity index (χ1) is 7.74. The second-order valence-electron chi connectivity index (χ2n) is 5.56. The number of carbonyl (C=O) groups excluding carboxylic acids is 1. The van der Waals surface area contributed by atoms with Crippen molar-refractivity contribution >= 4 is 5.91 Å². The first-order valence-electron chi connectivity index (χ1n) is 6.71. The van der Waals surface area contributed by atoms with E-state index < -0.39 is 0 Å². The number of amides is 1. The Kier molecular flexibility index (Phi) is 3.85. The van der Waals surface area contributed by atoms with E-state index in [9.17, 15) is 4.79 Å². The molecule has 0 heterocycles. The van der Waals surface area contributed by atoms with E-state index in [4.69, 9.17) is 0 Å². The van der Waals surface area contributed by atoms with Gasteiger partial charge in [-0.2, -0.15) is 0 Å². The molecule has 0 unspecified atom stereocenters. The van der Waals surface area contributed by atoms with Crippen molar-refractivity contribution in [1.29, 1.82) is 0 Å². The van der Waals surface area contributed by atoms with E-state index in [1.165, 1.54) is 38.5 Å². The first kappa shape index (κ1) is 11.9. The minimum atomic E-state index is 0.167. The summed E-state index contributed by atoms with van der Waals surface area (Å²) in [6.45, 7) is 4.63. The SMILES string of the molecule is CCC1(CNC(=O)CNCC2CC2)CCC1. The van der Waals surface area contributed by atoms with Crippen molar-refractivity contribution in [3.8, 4) is 0 Å².